The molecule has 1 amide bonds. The predicted molar refractivity (Wildman–Crippen MR) is 113 cm³/mol. The predicted octanol–water partition coefficient (Wildman–Crippen LogP) is 3.57. The van der Waals surface area contributed by atoms with Crippen molar-refractivity contribution in [1.82, 2.24) is 20.1 Å². The first kappa shape index (κ1) is 20.0. The van der Waals surface area contributed by atoms with Crippen molar-refractivity contribution >= 4 is 35.2 Å². The summed E-state index contributed by atoms with van der Waals surface area (Å²) in [5.74, 6) is 0.768. The number of thioether (sulfide) groups is 1. The number of nitrogens with zero attached hydrogens (tertiary/aromatic N) is 5. The average Bonchev–Trinajstić information content (AvgIpc) is 3.47. The number of hydrogen-bond acceptors (Lipinski definition) is 6. The van der Waals surface area contributed by atoms with Crippen molar-refractivity contribution in [2.45, 2.75) is 49.2 Å². The Hall–Kier alpha value is -2.24. The minimum absolute atomic E-state index is 0.158. The van der Waals surface area contributed by atoms with E-state index in [0.29, 0.717) is 10.2 Å². The van der Waals surface area contributed by atoms with Crippen LogP contribution in [0, 0.1) is 11.3 Å². The largest absolute Gasteiger partial charge is 0.341 e. The number of anilines is 1. The Balaban J connectivity index is 1.55. The third-order valence-corrected chi connectivity index (χ3v) is 6.73. The summed E-state index contributed by atoms with van der Waals surface area (Å²) in [6.45, 7) is 1.86. The molecular weight excluding hydrogens is 408 g/mol. The third kappa shape index (κ3) is 4.21. The van der Waals surface area contributed by atoms with Gasteiger partial charge in [0.1, 0.15) is 5.54 Å². The van der Waals surface area contributed by atoms with Gasteiger partial charge in [-0.25, -0.2) is 0 Å². The lowest BCUT2D eigenvalue weighted by Crippen LogP contribution is -2.45. The fourth-order valence-corrected chi connectivity index (χ4v) is 4.96. The number of nitriles is 1. The van der Waals surface area contributed by atoms with Gasteiger partial charge in [0, 0.05) is 13.1 Å². The van der Waals surface area contributed by atoms with Crippen LogP contribution in [0.2, 0.25) is 5.02 Å². The smallest absolute Gasteiger partial charge is 0.232 e. The number of carbonyl (C=O) groups excluding carboxylic acids is 1. The molecule has 2 heterocycles. The molecule has 1 aromatic carbocycles. The Morgan fingerprint density at radius 3 is 2.62 bits per heavy atom. The zero-order valence-corrected chi connectivity index (χ0v) is 17.7. The highest BCUT2D eigenvalue weighted by Crippen LogP contribution is 2.32. The summed E-state index contributed by atoms with van der Waals surface area (Å²) in [6.07, 6.45) is 5.62. The first-order valence-corrected chi connectivity index (χ1v) is 11.3. The van der Waals surface area contributed by atoms with Gasteiger partial charge in [-0.1, -0.05) is 35.5 Å². The Labute approximate surface area is 179 Å². The van der Waals surface area contributed by atoms with Crippen molar-refractivity contribution in [3.63, 3.8) is 0 Å². The van der Waals surface area contributed by atoms with Gasteiger partial charge in [-0.2, -0.15) is 5.26 Å². The maximum atomic E-state index is 12.5. The number of halogens is 1. The van der Waals surface area contributed by atoms with Gasteiger partial charge in [-0.15, -0.1) is 10.2 Å². The summed E-state index contributed by atoms with van der Waals surface area (Å²) in [6, 6.07) is 9.87. The van der Waals surface area contributed by atoms with Gasteiger partial charge >= 0.3 is 0 Å². The van der Waals surface area contributed by atoms with Gasteiger partial charge < -0.3 is 10.2 Å². The maximum absolute atomic E-state index is 12.5. The van der Waals surface area contributed by atoms with E-state index in [1.807, 2.05) is 28.8 Å². The second kappa shape index (κ2) is 8.64. The standard InChI is InChI=1S/C20H23ClN6OS/c21-15-7-1-2-8-16(15)27-18(26-11-5-6-12-26)24-25-19(27)29-13-17(28)23-20(14-22)9-3-4-10-20/h1-2,7-8H,3-6,9-13H2,(H,23,28). The van der Waals surface area contributed by atoms with E-state index in [-0.39, 0.29) is 11.7 Å². The van der Waals surface area contributed by atoms with Gasteiger partial charge in [0.25, 0.3) is 0 Å². The van der Waals surface area contributed by atoms with Gasteiger partial charge in [0.05, 0.1) is 22.5 Å². The molecule has 1 saturated heterocycles. The fourth-order valence-electron chi connectivity index (χ4n) is 4.00. The van der Waals surface area contributed by atoms with E-state index in [4.69, 9.17) is 11.6 Å². The van der Waals surface area contributed by atoms with Gasteiger partial charge in [0.2, 0.25) is 11.9 Å². The zero-order valence-electron chi connectivity index (χ0n) is 16.1. The van der Waals surface area contributed by atoms with Crippen molar-refractivity contribution in [1.29, 1.82) is 5.26 Å². The summed E-state index contributed by atoms with van der Waals surface area (Å²) >= 11 is 7.77. The lowest BCUT2D eigenvalue weighted by molar-refractivity contribution is -0.119. The molecule has 2 fully saturated rings. The second-order valence-corrected chi connectivity index (χ2v) is 8.85. The average molecular weight is 431 g/mol. The van der Waals surface area contributed by atoms with Gasteiger partial charge in [-0.3, -0.25) is 9.36 Å². The lowest BCUT2D eigenvalue weighted by atomic mass is 10.0. The number of hydrogen-bond donors (Lipinski definition) is 1. The monoisotopic (exact) mass is 430 g/mol. The number of aromatic nitrogens is 3. The van der Waals surface area contributed by atoms with E-state index in [1.54, 1.807) is 0 Å². The number of amides is 1. The van der Waals surface area contributed by atoms with Crippen LogP contribution < -0.4 is 10.2 Å². The van der Waals surface area contributed by atoms with Crippen molar-refractivity contribution < 1.29 is 4.79 Å². The molecule has 152 valence electrons. The molecular formula is C20H23ClN6OS. The maximum Gasteiger partial charge on any atom is 0.232 e. The van der Waals surface area contributed by atoms with Crippen molar-refractivity contribution in [2.75, 3.05) is 23.7 Å². The minimum atomic E-state index is -0.714. The molecule has 29 heavy (non-hydrogen) atoms. The van der Waals surface area contributed by atoms with E-state index in [0.717, 1.165) is 63.3 Å². The number of para-hydroxylation sites is 1. The normalized spacial score (nSPS) is 18.0. The van der Waals surface area contributed by atoms with Crippen LogP contribution in [0.4, 0.5) is 5.95 Å². The van der Waals surface area contributed by atoms with Gasteiger partial charge in [0.15, 0.2) is 5.16 Å². The summed E-state index contributed by atoms with van der Waals surface area (Å²) in [5, 5.41) is 22.4. The van der Waals surface area contributed by atoms with Crippen molar-refractivity contribution in [2.24, 2.45) is 0 Å². The number of nitrogens with one attached hydrogen (secondary N) is 1. The second-order valence-electron chi connectivity index (χ2n) is 7.50. The van der Waals surface area contributed by atoms with Crippen LogP contribution in [-0.4, -0.2) is 45.1 Å². The molecule has 0 radical (unpaired) electrons. The molecule has 1 saturated carbocycles. The molecule has 1 aliphatic carbocycles. The van der Waals surface area contributed by atoms with E-state index < -0.39 is 5.54 Å². The summed E-state index contributed by atoms with van der Waals surface area (Å²) in [5.41, 5.74) is 0.0858. The fraction of sp³-hybridized carbons (Fsp3) is 0.500. The van der Waals surface area contributed by atoms with Crippen LogP contribution in [0.15, 0.2) is 29.4 Å². The molecule has 9 heteroatoms. The Kier molecular flexibility index (Phi) is 5.97. The number of benzene rings is 1. The SMILES string of the molecule is N#CC1(NC(=O)CSc2nnc(N3CCCC3)n2-c2ccccc2Cl)CCCC1. The number of rotatable bonds is 6. The van der Waals surface area contributed by atoms with E-state index in [9.17, 15) is 10.1 Å². The van der Waals surface area contributed by atoms with Crippen LogP contribution in [0.5, 0.6) is 0 Å². The summed E-state index contributed by atoms with van der Waals surface area (Å²) in [7, 11) is 0. The van der Waals surface area contributed by atoms with Crippen LogP contribution in [-0.2, 0) is 4.79 Å². The van der Waals surface area contributed by atoms with Crippen LogP contribution in [0.3, 0.4) is 0 Å². The molecule has 0 atom stereocenters. The third-order valence-electron chi connectivity index (χ3n) is 5.48. The summed E-state index contributed by atoms with van der Waals surface area (Å²) in [4.78, 5) is 14.7. The summed E-state index contributed by atoms with van der Waals surface area (Å²) < 4.78 is 1.93. The van der Waals surface area contributed by atoms with Crippen molar-refractivity contribution in [3.05, 3.63) is 29.3 Å². The van der Waals surface area contributed by atoms with Crippen molar-refractivity contribution in [3.8, 4) is 11.8 Å². The highest BCUT2D eigenvalue weighted by atomic mass is 35.5. The first-order chi connectivity index (χ1) is 14.1. The molecule has 1 N–H and O–H groups in total. The van der Waals surface area contributed by atoms with E-state index in [1.165, 1.54) is 11.8 Å². The van der Waals surface area contributed by atoms with Crippen LogP contribution in [0.1, 0.15) is 38.5 Å². The molecule has 0 spiro atoms. The Bertz CT molecular complexity index is 927. The van der Waals surface area contributed by atoms with E-state index in [2.05, 4.69) is 26.5 Å². The molecule has 0 unspecified atom stereocenters. The quantitative estimate of drug-likeness (QED) is 0.705. The molecule has 0 bridgehead atoms. The highest BCUT2D eigenvalue weighted by molar-refractivity contribution is 7.99. The molecule has 2 aliphatic rings. The molecule has 4 rings (SSSR count). The highest BCUT2D eigenvalue weighted by Gasteiger charge is 2.35. The minimum Gasteiger partial charge on any atom is -0.341 e. The zero-order chi connectivity index (χ0) is 20.3. The Morgan fingerprint density at radius 1 is 1.21 bits per heavy atom. The number of carbonyl (C=O) groups is 1. The van der Waals surface area contributed by atoms with E-state index >= 15 is 0 Å². The van der Waals surface area contributed by atoms with Gasteiger partial charge in [-0.05, 0) is 50.7 Å². The van der Waals surface area contributed by atoms with Crippen LogP contribution in [0.25, 0.3) is 5.69 Å². The molecule has 1 aromatic heterocycles. The Morgan fingerprint density at radius 2 is 1.93 bits per heavy atom. The van der Waals surface area contributed by atoms with Crippen LogP contribution >= 0.6 is 23.4 Å². The molecule has 7 nitrogen and oxygen atoms in total. The lowest BCUT2D eigenvalue weighted by Gasteiger charge is -2.22. The molecule has 2 aromatic rings. The first-order valence-electron chi connectivity index (χ1n) is 9.92. The molecule has 1 aliphatic heterocycles. The topological polar surface area (TPSA) is 86.8 Å².